The summed E-state index contributed by atoms with van der Waals surface area (Å²) in [5, 5.41) is 6.97. The van der Waals surface area contributed by atoms with Crippen LogP contribution >= 0.6 is 11.6 Å². The van der Waals surface area contributed by atoms with Crippen LogP contribution < -0.4 is 10.6 Å². The number of anilines is 2. The van der Waals surface area contributed by atoms with Crippen molar-refractivity contribution in [1.29, 1.82) is 0 Å². The van der Waals surface area contributed by atoms with Gasteiger partial charge in [-0.05, 0) is 36.4 Å². The van der Waals surface area contributed by atoms with Crippen LogP contribution in [0.15, 0.2) is 48.5 Å². The highest BCUT2D eigenvalue weighted by molar-refractivity contribution is 6.30. The second-order valence-electron chi connectivity index (χ2n) is 6.45. The minimum atomic E-state index is -4.37. The number of nitrogens with zero attached hydrogens (tertiary/aromatic N) is 2. The monoisotopic (exact) mass is 404 g/mol. The molecule has 1 aromatic heterocycles. The van der Waals surface area contributed by atoms with Gasteiger partial charge in [-0.15, -0.1) is 0 Å². The Morgan fingerprint density at radius 2 is 1.68 bits per heavy atom. The van der Waals surface area contributed by atoms with Gasteiger partial charge >= 0.3 is 6.18 Å². The molecule has 2 N–H and O–H groups in total. The first-order chi connectivity index (χ1) is 13.4. The summed E-state index contributed by atoms with van der Waals surface area (Å²) in [4.78, 5) is 9.20. The molecule has 0 aliphatic carbocycles. The number of aromatic nitrogens is 2. The zero-order chi connectivity index (χ0) is 19.7. The number of halogens is 4. The molecular formula is C20H16ClF3N4. The molecule has 1 aliphatic rings. The summed E-state index contributed by atoms with van der Waals surface area (Å²) >= 11 is 5.99. The molecule has 2 heterocycles. The molecule has 1 aliphatic heterocycles. The molecule has 4 rings (SSSR count). The van der Waals surface area contributed by atoms with Gasteiger partial charge in [0.15, 0.2) is 0 Å². The summed E-state index contributed by atoms with van der Waals surface area (Å²) in [6.45, 7) is 1.47. The molecule has 0 radical (unpaired) electrons. The molecule has 8 heteroatoms. The Morgan fingerprint density at radius 3 is 2.36 bits per heavy atom. The molecule has 0 bridgehead atoms. The maximum absolute atomic E-state index is 12.7. The maximum Gasteiger partial charge on any atom is 0.416 e. The van der Waals surface area contributed by atoms with Gasteiger partial charge in [-0.2, -0.15) is 13.2 Å². The number of alkyl halides is 3. The standard InChI is InChI=1S/C20H16ClF3N4/c21-14-5-1-12(2-6-14)18-16-11-25-10-9-17(16)27-19(28-18)26-15-7-3-13(4-8-15)20(22,23)24/h1-8,25H,9-11H2,(H,26,27,28). The molecule has 4 nitrogen and oxygen atoms in total. The number of nitrogens with one attached hydrogen (secondary N) is 2. The zero-order valence-corrected chi connectivity index (χ0v) is 15.4. The Balaban J connectivity index is 1.69. The van der Waals surface area contributed by atoms with Crippen LogP contribution in [-0.2, 0) is 19.1 Å². The van der Waals surface area contributed by atoms with E-state index in [0.717, 1.165) is 47.6 Å². The van der Waals surface area contributed by atoms with Gasteiger partial charge < -0.3 is 10.6 Å². The fourth-order valence-corrected chi connectivity index (χ4v) is 3.24. The first-order valence-corrected chi connectivity index (χ1v) is 9.09. The van der Waals surface area contributed by atoms with E-state index < -0.39 is 11.7 Å². The molecule has 0 fully saturated rings. The molecule has 0 saturated heterocycles. The minimum Gasteiger partial charge on any atom is -0.324 e. The van der Waals surface area contributed by atoms with Crippen molar-refractivity contribution in [3.63, 3.8) is 0 Å². The largest absolute Gasteiger partial charge is 0.416 e. The lowest BCUT2D eigenvalue weighted by Gasteiger charge is -2.20. The third-order valence-corrected chi connectivity index (χ3v) is 4.77. The number of hydrogen-bond donors (Lipinski definition) is 2. The van der Waals surface area contributed by atoms with Crippen LogP contribution in [0.4, 0.5) is 24.8 Å². The lowest BCUT2D eigenvalue weighted by Crippen LogP contribution is -2.26. The molecule has 2 aromatic carbocycles. The summed E-state index contributed by atoms with van der Waals surface area (Å²) in [6.07, 6.45) is -3.62. The van der Waals surface area contributed by atoms with Crippen LogP contribution in [0.2, 0.25) is 5.02 Å². The number of hydrogen-bond acceptors (Lipinski definition) is 4. The summed E-state index contributed by atoms with van der Waals surface area (Å²) < 4.78 is 38.2. The van der Waals surface area contributed by atoms with E-state index in [1.807, 2.05) is 12.1 Å². The zero-order valence-electron chi connectivity index (χ0n) is 14.6. The van der Waals surface area contributed by atoms with Crippen molar-refractivity contribution < 1.29 is 13.2 Å². The minimum absolute atomic E-state index is 0.352. The van der Waals surface area contributed by atoms with E-state index in [1.54, 1.807) is 12.1 Å². The van der Waals surface area contributed by atoms with Crippen LogP contribution in [0.5, 0.6) is 0 Å². The summed E-state index contributed by atoms with van der Waals surface area (Å²) in [7, 11) is 0. The first kappa shape index (κ1) is 18.7. The van der Waals surface area contributed by atoms with Crippen molar-refractivity contribution in [1.82, 2.24) is 15.3 Å². The summed E-state index contributed by atoms with van der Waals surface area (Å²) in [5.41, 5.74) is 3.42. The molecule has 3 aromatic rings. The van der Waals surface area contributed by atoms with Gasteiger partial charge in [-0.1, -0.05) is 23.7 Å². The second kappa shape index (κ2) is 7.41. The smallest absolute Gasteiger partial charge is 0.324 e. The molecule has 0 spiro atoms. The average molecular weight is 405 g/mol. The molecule has 0 saturated carbocycles. The van der Waals surface area contributed by atoms with Crippen LogP contribution in [-0.4, -0.2) is 16.5 Å². The van der Waals surface area contributed by atoms with E-state index in [1.165, 1.54) is 12.1 Å². The number of rotatable bonds is 3. The number of benzene rings is 2. The van der Waals surface area contributed by atoms with Crippen molar-refractivity contribution in [2.75, 3.05) is 11.9 Å². The van der Waals surface area contributed by atoms with Crippen LogP contribution in [0, 0.1) is 0 Å². The lowest BCUT2D eigenvalue weighted by atomic mass is 10.0. The highest BCUT2D eigenvalue weighted by atomic mass is 35.5. The van der Waals surface area contributed by atoms with Crippen LogP contribution in [0.3, 0.4) is 0 Å². The predicted molar refractivity (Wildman–Crippen MR) is 103 cm³/mol. The second-order valence-corrected chi connectivity index (χ2v) is 6.89. The van der Waals surface area contributed by atoms with Crippen molar-refractivity contribution in [3.8, 4) is 11.3 Å². The molecule has 0 amide bonds. The third-order valence-electron chi connectivity index (χ3n) is 4.52. The van der Waals surface area contributed by atoms with Gasteiger partial charge in [0.1, 0.15) is 0 Å². The topological polar surface area (TPSA) is 49.8 Å². The van der Waals surface area contributed by atoms with Crippen molar-refractivity contribution in [3.05, 3.63) is 70.4 Å². The van der Waals surface area contributed by atoms with Gasteiger partial charge in [0.25, 0.3) is 0 Å². The van der Waals surface area contributed by atoms with Gasteiger partial charge in [-0.25, -0.2) is 9.97 Å². The van der Waals surface area contributed by atoms with Gasteiger partial charge in [-0.3, -0.25) is 0 Å². The predicted octanol–water partition coefficient (Wildman–Crippen LogP) is 5.21. The SMILES string of the molecule is FC(F)(F)c1ccc(Nc2nc3c(c(-c4ccc(Cl)cc4)n2)CNCC3)cc1. The van der Waals surface area contributed by atoms with Crippen molar-refractivity contribution >= 4 is 23.2 Å². The quantitative estimate of drug-likeness (QED) is 0.629. The van der Waals surface area contributed by atoms with Crippen molar-refractivity contribution in [2.24, 2.45) is 0 Å². The van der Waals surface area contributed by atoms with Crippen molar-refractivity contribution in [2.45, 2.75) is 19.1 Å². The Labute approximate surface area is 164 Å². The Hall–Kier alpha value is -2.64. The molecule has 0 unspecified atom stereocenters. The molecular weight excluding hydrogens is 389 g/mol. The fraction of sp³-hybridized carbons (Fsp3) is 0.200. The normalized spacial score (nSPS) is 13.9. The van der Waals surface area contributed by atoms with E-state index in [-0.39, 0.29) is 0 Å². The first-order valence-electron chi connectivity index (χ1n) is 8.71. The van der Waals surface area contributed by atoms with E-state index >= 15 is 0 Å². The van der Waals surface area contributed by atoms with Gasteiger partial charge in [0.05, 0.1) is 17.0 Å². The van der Waals surface area contributed by atoms with Gasteiger partial charge in [0, 0.05) is 41.3 Å². The highest BCUT2D eigenvalue weighted by Gasteiger charge is 2.30. The summed E-state index contributed by atoms with van der Waals surface area (Å²) in [6, 6.07) is 12.2. The van der Waals surface area contributed by atoms with E-state index in [4.69, 9.17) is 11.6 Å². The molecule has 28 heavy (non-hydrogen) atoms. The third kappa shape index (κ3) is 3.95. The van der Waals surface area contributed by atoms with Gasteiger partial charge in [0.2, 0.25) is 5.95 Å². The van der Waals surface area contributed by atoms with E-state index in [9.17, 15) is 13.2 Å². The number of fused-ring (bicyclic) bond motifs is 1. The lowest BCUT2D eigenvalue weighted by molar-refractivity contribution is -0.137. The van der Waals surface area contributed by atoms with Crippen LogP contribution in [0.25, 0.3) is 11.3 Å². The maximum atomic E-state index is 12.7. The van der Waals surface area contributed by atoms with E-state index in [2.05, 4.69) is 20.6 Å². The Bertz CT molecular complexity index is 986. The average Bonchev–Trinajstić information content (AvgIpc) is 2.68. The molecule has 0 atom stereocenters. The van der Waals surface area contributed by atoms with E-state index in [0.29, 0.717) is 23.2 Å². The fourth-order valence-electron chi connectivity index (χ4n) is 3.12. The Kier molecular flexibility index (Phi) is 4.95. The highest BCUT2D eigenvalue weighted by Crippen LogP contribution is 2.31. The summed E-state index contributed by atoms with van der Waals surface area (Å²) in [5.74, 6) is 0.352. The molecule has 144 valence electrons. The van der Waals surface area contributed by atoms with Crippen LogP contribution in [0.1, 0.15) is 16.8 Å². The Morgan fingerprint density at radius 1 is 0.964 bits per heavy atom.